The summed E-state index contributed by atoms with van der Waals surface area (Å²) in [6, 6.07) is 8.11. The molecule has 1 saturated carbocycles. The topological polar surface area (TPSA) is 71.1 Å². The van der Waals surface area contributed by atoms with Crippen LogP contribution in [-0.2, 0) is 16.0 Å². The molecule has 0 spiro atoms. The molecule has 1 aliphatic carbocycles. The quantitative estimate of drug-likeness (QED) is 0.635. The number of unbranched alkanes of at least 4 members (excludes halogenated alkanes) is 1. The van der Waals surface area contributed by atoms with Crippen LogP contribution in [-0.4, -0.2) is 16.8 Å². The first kappa shape index (κ1) is 15.0. The molecule has 116 valence electrons. The highest BCUT2D eigenvalue weighted by Gasteiger charge is 2.29. The van der Waals surface area contributed by atoms with Crippen molar-refractivity contribution in [1.29, 1.82) is 0 Å². The molecule has 22 heavy (non-hydrogen) atoms. The molecule has 0 bridgehead atoms. The van der Waals surface area contributed by atoms with E-state index in [1.807, 2.05) is 18.2 Å². The van der Waals surface area contributed by atoms with Crippen LogP contribution in [0.15, 0.2) is 24.3 Å². The lowest BCUT2D eigenvalue weighted by Gasteiger charge is -2.06. The average molecular weight is 317 g/mol. The van der Waals surface area contributed by atoms with Gasteiger partial charge in [-0.1, -0.05) is 12.1 Å². The minimum atomic E-state index is -0.127. The first-order chi connectivity index (χ1) is 10.7. The van der Waals surface area contributed by atoms with E-state index in [2.05, 4.69) is 21.9 Å². The van der Waals surface area contributed by atoms with Crippen LogP contribution in [0.25, 0.3) is 10.2 Å². The Morgan fingerprint density at radius 1 is 1.18 bits per heavy atom. The number of amides is 2. The van der Waals surface area contributed by atoms with Gasteiger partial charge in [0.2, 0.25) is 11.8 Å². The number of carbonyl (C=O) groups excluding carboxylic acids is 2. The molecular formula is C16H19N3O2S. The molecule has 0 aliphatic heterocycles. The summed E-state index contributed by atoms with van der Waals surface area (Å²) in [5.74, 6) is -0.0829. The number of hydrogen-bond acceptors (Lipinski definition) is 4. The average Bonchev–Trinajstić information content (AvgIpc) is 3.29. The second-order valence-electron chi connectivity index (χ2n) is 5.59. The van der Waals surface area contributed by atoms with Crippen molar-refractivity contribution in [2.24, 2.45) is 5.92 Å². The van der Waals surface area contributed by atoms with Gasteiger partial charge in [0.15, 0.2) is 0 Å². The number of fused-ring (bicyclic) bond motifs is 1. The number of thiazole rings is 1. The number of nitrogens with zero attached hydrogens (tertiary/aromatic N) is 1. The normalized spacial score (nSPS) is 14.0. The molecular weight excluding hydrogens is 298 g/mol. The molecule has 1 aliphatic rings. The number of hydrazine groups is 1. The van der Waals surface area contributed by atoms with E-state index in [-0.39, 0.29) is 17.7 Å². The van der Waals surface area contributed by atoms with E-state index in [1.165, 1.54) is 4.70 Å². The fourth-order valence-corrected chi connectivity index (χ4v) is 3.24. The summed E-state index contributed by atoms with van der Waals surface area (Å²) < 4.78 is 1.21. The van der Waals surface area contributed by atoms with Crippen molar-refractivity contribution in [3.63, 3.8) is 0 Å². The van der Waals surface area contributed by atoms with Crippen molar-refractivity contribution >= 4 is 33.4 Å². The van der Waals surface area contributed by atoms with Crippen molar-refractivity contribution < 1.29 is 9.59 Å². The van der Waals surface area contributed by atoms with Crippen LogP contribution in [0.3, 0.4) is 0 Å². The molecule has 0 saturated heterocycles. The van der Waals surface area contributed by atoms with Gasteiger partial charge >= 0.3 is 0 Å². The maximum absolute atomic E-state index is 11.6. The number of aromatic nitrogens is 1. The number of rotatable bonds is 6. The van der Waals surface area contributed by atoms with E-state index in [9.17, 15) is 9.59 Å². The third kappa shape index (κ3) is 4.04. The summed E-state index contributed by atoms with van der Waals surface area (Å²) in [6.45, 7) is 0. The fourth-order valence-electron chi connectivity index (χ4n) is 2.23. The molecule has 2 aromatic rings. The van der Waals surface area contributed by atoms with Crippen LogP contribution >= 0.6 is 11.3 Å². The summed E-state index contributed by atoms with van der Waals surface area (Å²) in [5.41, 5.74) is 5.99. The molecule has 0 atom stereocenters. The molecule has 0 radical (unpaired) electrons. The van der Waals surface area contributed by atoms with Crippen LogP contribution in [0.1, 0.15) is 37.1 Å². The van der Waals surface area contributed by atoms with Crippen LogP contribution in [0.5, 0.6) is 0 Å². The smallest absolute Gasteiger partial charge is 0.241 e. The predicted octanol–water partition coefficient (Wildman–Crippen LogP) is 2.57. The summed E-state index contributed by atoms with van der Waals surface area (Å²) in [4.78, 5) is 27.6. The number of hydrogen-bond donors (Lipinski definition) is 2. The van der Waals surface area contributed by atoms with Crippen molar-refractivity contribution in [3.8, 4) is 0 Å². The fraction of sp³-hybridized carbons (Fsp3) is 0.438. The van der Waals surface area contributed by atoms with Crippen LogP contribution in [0.4, 0.5) is 0 Å². The highest BCUT2D eigenvalue weighted by molar-refractivity contribution is 7.18. The Hall–Kier alpha value is -1.95. The van der Waals surface area contributed by atoms with Gasteiger partial charge in [-0.15, -0.1) is 11.3 Å². The van der Waals surface area contributed by atoms with E-state index in [1.54, 1.807) is 11.3 Å². The number of carbonyl (C=O) groups is 2. The molecule has 1 heterocycles. The summed E-state index contributed by atoms with van der Waals surface area (Å²) in [6.07, 6.45) is 4.90. The number of nitrogens with one attached hydrogen (secondary N) is 2. The second-order valence-corrected chi connectivity index (χ2v) is 6.71. The zero-order chi connectivity index (χ0) is 15.4. The van der Waals surface area contributed by atoms with Gasteiger partial charge in [-0.2, -0.15) is 0 Å². The zero-order valence-electron chi connectivity index (χ0n) is 12.3. The Bertz CT molecular complexity index is 646. The van der Waals surface area contributed by atoms with E-state index in [0.29, 0.717) is 6.42 Å². The minimum Gasteiger partial charge on any atom is -0.273 e. The lowest BCUT2D eigenvalue weighted by atomic mass is 10.2. The molecule has 2 amide bonds. The monoisotopic (exact) mass is 317 g/mol. The lowest BCUT2D eigenvalue weighted by Crippen LogP contribution is -2.42. The highest BCUT2D eigenvalue weighted by atomic mass is 32.1. The Labute approximate surface area is 133 Å². The summed E-state index contributed by atoms with van der Waals surface area (Å²) >= 11 is 1.71. The van der Waals surface area contributed by atoms with Gasteiger partial charge < -0.3 is 0 Å². The van der Waals surface area contributed by atoms with E-state index in [4.69, 9.17) is 0 Å². The highest BCUT2D eigenvalue weighted by Crippen LogP contribution is 2.28. The maximum atomic E-state index is 11.6. The Balaban J connectivity index is 1.34. The summed E-state index contributed by atoms with van der Waals surface area (Å²) in [7, 11) is 0. The molecule has 0 unspecified atom stereocenters. The van der Waals surface area contributed by atoms with Gasteiger partial charge in [-0.05, 0) is 44.2 Å². The molecule has 3 rings (SSSR count). The first-order valence-electron chi connectivity index (χ1n) is 7.65. The largest absolute Gasteiger partial charge is 0.273 e. The van der Waals surface area contributed by atoms with Gasteiger partial charge in [0.25, 0.3) is 0 Å². The summed E-state index contributed by atoms with van der Waals surface area (Å²) in [5, 5.41) is 1.11. The van der Waals surface area contributed by atoms with E-state index >= 15 is 0 Å². The SMILES string of the molecule is O=C(CCCCc1nc2ccccc2s1)NNC(=O)C1CC1. The van der Waals surface area contributed by atoms with E-state index < -0.39 is 0 Å². The van der Waals surface area contributed by atoms with Crippen molar-refractivity contribution in [1.82, 2.24) is 15.8 Å². The Morgan fingerprint density at radius 2 is 2.00 bits per heavy atom. The molecule has 6 heteroatoms. The number of para-hydroxylation sites is 1. The molecule has 1 fully saturated rings. The zero-order valence-corrected chi connectivity index (χ0v) is 13.1. The Kier molecular flexibility index (Phi) is 4.68. The third-order valence-corrected chi connectivity index (χ3v) is 4.75. The van der Waals surface area contributed by atoms with Gasteiger partial charge in [0, 0.05) is 12.3 Å². The van der Waals surface area contributed by atoms with Crippen LogP contribution < -0.4 is 10.9 Å². The van der Waals surface area contributed by atoms with Crippen LogP contribution in [0, 0.1) is 5.92 Å². The number of aryl methyl sites for hydroxylation is 1. The molecule has 1 aromatic carbocycles. The van der Waals surface area contributed by atoms with Gasteiger partial charge in [0.05, 0.1) is 15.2 Å². The van der Waals surface area contributed by atoms with E-state index in [0.717, 1.165) is 42.6 Å². The second kappa shape index (κ2) is 6.87. The lowest BCUT2D eigenvalue weighted by molar-refractivity contribution is -0.129. The number of benzene rings is 1. The van der Waals surface area contributed by atoms with Crippen molar-refractivity contribution in [3.05, 3.63) is 29.3 Å². The van der Waals surface area contributed by atoms with Crippen LogP contribution in [0.2, 0.25) is 0 Å². The van der Waals surface area contributed by atoms with Crippen molar-refractivity contribution in [2.75, 3.05) is 0 Å². The van der Waals surface area contributed by atoms with Crippen molar-refractivity contribution in [2.45, 2.75) is 38.5 Å². The van der Waals surface area contributed by atoms with Gasteiger partial charge in [-0.3, -0.25) is 20.4 Å². The third-order valence-electron chi connectivity index (χ3n) is 3.66. The molecule has 5 nitrogen and oxygen atoms in total. The first-order valence-corrected chi connectivity index (χ1v) is 8.47. The van der Waals surface area contributed by atoms with Gasteiger partial charge in [0.1, 0.15) is 0 Å². The maximum Gasteiger partial charge on any atom is 0.241 e. The minimum absolute atomic E-state index is 0.0668. The molecule has 1 aromatic heterocycles. The Morgan fingerprint density at radius 3 is 2.77 bits per heavy atom. The molecule has 2 N–H and O–H groups in total. The standard InChI is InChI=1S/C16H19N3O2S/c20-14(18-19-16(21)11-9-10-11)7-3-4-8-15-17-12-5-1-2-6-13(12)22-15/h1-2,5-6,11H,3-4,7-10H2,(H,18,20)(H,19,21). The predicted molar refractivity (Wildman–Crippen MR) is 86.2 cm³/mol. The van der Waals surface area contributed by atoms with Gasteiger partial charge in [-0.25, -0.2) is 4.98 Å².